The fraction of sp³-hybridized carbons (Fsp3) is 0.182. The highest BCUT2D eigenvalue weighted by molar-refractivity contribution is 8.76. The zero-order chi connectivity index (χ0) is 12.5. The van der Waals surface area contributed by atoms with E-state index in [1.165, 1.54) is 21.8 Å². The molecule has 1 N–H and O–H groups in total. The molecule has 3 nitrogen and oxygen atoms in total. The van der Waals surface area contributed by atoms with Crippen LogP contribution in [-0.2, 0) is 11.3 Å². The van der Waals surface area contributed by atoms with Gasteiger partial charge in [-0.3, -0.25) is 4.72 Å². The number of carbonyl (C=O) groups excluding carboxylic acids is 1. The number of rotatable bonds is 6. The molecule has 1 aromatic rings. The molecule has 1 rings (SSSR count). The van der Waals surface area contributed by atoms with E-state index in [2.05, 4.69) is 11.3 Å². The van der Waals surface area contributed by atoms with Crippen molar-refractivity contribution in [3.8, 4) is 0 Å². The van der Waals surface area contributed by atoms with E-state index in [0.29, 0.717) is 10.8 Å². The lowest BCUT2D eigenvalue weighted by Crippen LogP contribution is -2.16. The molecule has 0 fully saturated rings. The van der Waals surface area contributed by atoms with Gasteiger partial charge in [0, 0.05) is 21.8 Å². The van der Waals surface area contributed by atoms with Crippen molar-refractivity contribution in [2.75, 3.05) is 5.75 Å². The summed E-state index contributed by atoms with van der Waals surface area (Å²) in [5, 5.41) is 0.543. The van der Waals surface area contributed by atoms with Gasteiger partial charge >= 0.3 is 6.09 Å². The molecule has 17 heavy (non-hydrogen) atoms. The van der Waals surface area contributed by atoms with Crippen LogP contribution in [0.2, 0.25) is 0 Å². The Morgan fingerprint density at radius 1 is 1.41 bits per heavy atom. The van der Waals surface area contributed by atoms with Crippen LogP contribution < -0.4 is 4.72 Å². The lowest BCUT2D eigenvalue weighted by Gasteiger charge is -2.05. The molecule has 0 aliphatic rings. The van der Waals surface area contributed by atoms with Gasteiger partial charge in [0.05, 0.1) is 0 Å². The van der Waals surface area contributed by atoms with Crippen molar-refractivity contribution in [3.63, 3.8) is 0 Å². The van der Waals surface area contributed by atoms with Crippen LogP contribution in [0.3, 0.4) is 0 Å². The van der Waals surface area contributed by atoms with Gasteiger partial charge in [-0.15, -0.1) is 0 Å². The highest BCUT2D eigenvalue weighted by atomic mass is 35.5. The van der Waals surface area contributed by atoms with E-state index in [-0.39, 0.29) is 6.61 Å². The van der Waals surface area contributed by atoms with Crippen molar-refractivity contribution in [1.29, 1.82) is 0 Å². The second kappa shape index (κ2) is 8.33. The minimum absolute atomic E-state index is 0.264. The summed E-state index contributed by atoms with van der Waals surface area (Å²) in [5.41, 5.74) is 0.953. The molecule has 0 atom stereocenters. The van der Waals surface area contributed by atoms with Crippen LogP contribution in [0.15, 0.2) is 41.9 Å². The summed E-state index contributed by atoms with van der Waals surface area (Å²) in [6.45, 7) is 3.80. The number of hydrogen-bond acceptors (Lipinski definition) is 4. The normalized spacial score (nSPS) is 9.71. The Labute approximate surface area is 113 Å². The van der Waals surface area contributed by atoms with Crippen molar-refractivity contribution < 1.29 is 9.53 Å². The Morgan fingerprint density at radius 2 is 2.12 bits per heavy atom. The Morgan fingerprint density at radius 3 is 2.76 bits per heavy atom. The quantitative estimate of drug-likeness (QED) is 0.489. The summed E-state index contributed by atoms with van der Waals surface area (Å²) in [4.78, 5) is 11.2. The van der Waals surface area contributed by atoms with Gasteiger partial charge in [-0.05, 0) is 5.56 Å². The molecule has 0 bridgehead atoms. The van der Waals surface area contributed by atoms with E-state index >= 15 is 0 Å². The first-order valence-electron chi connectivity index (χ1n) is 4.77. The largest absolute Gasteiger partial charge is 0.444 e. The molecule has 0 aliphatic carbocycles. The summed E-state index contributed by atoms with van der Waals surface area (Å²) in [6, 6.07) is 9.50. The molecule has 0 spiro atoms. The Bertz CT molecular complexity index is 373. The van der Waals surface area contributed by atoms with Gasteiger partial charge in [-0.25, -0.2) is 4.79 Å². The van der Waals surface area contributed by atoms with Crippen molar-refractivity contribution in [2.45, 2.75) is 6.61 Å². The zero-order valence-electron chi connectivity index (χ0n) is 9.02. The molecule has 1 aromatic carbocycles. The molecule has 92 valence electrons. The van der Waals surface area contributed by atoms with Gasteiger partial charge < -0.3 is 4.74 Å². The number of halogens is 1. The second-order valence-electron chi connectivity index (χ2n) is 3.03. The Hall–Kier alpha value is -0.780. The van der Waals surface area contributed by atoms with Gasteiger partial charge in [-0.1, -0.05) is 59.3 Å². The maximum Gasteiger partial charge on any atom is 0.418 e. The predicted molar refractivity (Wildman–Crippen MR) is 74.8 cm³/mol. The molecule has 6 heteroatoms. The van der Waals surface area contributed by atoms with Crippen molar-refractivity contribution in [1.82, 2.24) is 4.72 Å². The highest BCUT2D eigenvalue weighted by Crippen LogP contribution is 2.21. The van der Waals surface area contributed by atoms with Crippen LogP contribution in [0.4, 0.5) is 4.79 Å². The van der Waals surface area contributed by atoms with Crippen molar-refractivity contribution >= 4 is 39.5 Å². The standard InChI is InChI=1S/C11H12ClNO2S2/c1-9(12)8-16-17-13-11(14)15-7-10-5-3-2-4-6-10/h2-6H,1,7-8H2,(H,13,14). The highest BCUT2D eigenvalue weighted by Gasteiger charge is 2.02. The Balaban J connectivity index is 2.11. The van der Waals surface area contributed by atoms with Crippen molar-refractivity contribution in [2.24, 2.45) is 0 Å². The molecule has 0 saturated heterocycles. The average Bonchev–Trinajstić information content (AvgIpc) is 2.33. The van der Waals surface area contributed by atoms with Crippen LogP contribution in [0.5, 0.6) is 0 Å². The number of hydrogen-bond donors (Lipinski definition) is 1. The third kappa shape index (κ3) is 7.20. The van der Waals surface area contributed by atoms with E-state index < -0.39 is 6.09 Å². The monoisotopic (exact) mass is 289 g/mol. The van der Waals surface area contributed by atoms with Gasteiger partial charge in [0.25, 0.3) is 0 Å². The van der Waals surface area contributed by atoms with E-state index in [1.807, 2.05) is 30.3 Å². The number of benzene rings is 1. The summed E-state index contributed by atoms with van der Waals surface area (Å²) < 4.78 is 7.52. The molecule has 0 unspecified atom stereocenters. The van der Waals surface area contributed by atoms with Gasteiger partial charge in [0.1, 0.15) is 6.61 Å². The average molecular weight is 290 g/mol. The summed E-state index contributed by atoms with van der Waals surface area (Å²) in [6.07, 6.45) is -0.466. The first-order chi connectivity index (χ1) is 8.18. The smallest absolute Gasteiger partial charge is 0.418 e. The van der Waals surface area contributed by atoms with Gasteiger partial charge in [-0.2, -0.15) is 0 Å². The third-order valence-corrected chi connectivity index (χ3v) is 3.70. The molecule has 0 saturated carbocycles. The van der Waals surface area contributed by atoms with Gasteiger partial charge in [0.2, 0.25) is 0 Å². The first-order valence-corrected chi connectivity index (χ1v) is 7.46. The molecule has 0 radical (unpaired) electrons. The minimum atomic E-state index is -0.466. The van der Waals surface area contributed by atoms with E-state index in [1.54, 1.807) is 0 Å². The van der Waals surface area contributed by atoms with Gasteiger partial charge in [0.15, 0.2) is 0 Å². The molecular weight excluding hydrogens is 278 g/mol. The summed E-state index contributed by atoms with van der Waals surface area (Å²) >= 11 is 5.56. The molecule has 0 heterocycles. The van der Waals surface area contributed by atoms with Crippen LogP contribution in [0, 0.1) is 0 Å². The first kappa shape index (κ1) is 14.3. The van der Waals surface area contributed by atoms with Crippen LogP contribution in [0.1, 0.15) is 5.56 Å². The fourth-order valence-electron chi connectivity index (χ4n) is 0.909. The molecule has 0 aromatic heterocycles. The number of nitrogens with one attached hydrogen (secondary N) is 1. The SMILES string of the molecule is C=C(Cl)CSSNC(=O)OCc1ccccc1. The van der Waals surface area contributed by atoms with E-state index in [4.69, 9.17) is 16.3 Å². The maximum atomic E-state index is 11.2. The summed E-state index contributed by atoms with van der Waals surface area (Å²) in [7, 11) is 2.56. The molecule has 0 aliphatic heterocycles. The zero-order valence-corrected chi connectivity index (χ0v) is 11.4. The van der Waals surface area contributed by atoms with E-state index in [0.717, 1.165) is 5.56 Å². The maximum absolute atomic E-state index is 11.2. The topological polar surface area (TPSA) is 38.3 Å². The Kier molecular flexibility index (Phi) is 7.00. The number of carbonyl (C=O) groups is 1. The van der Waals surface area contributed by atoms with Crippen LogP contribution >= 0.6 is 33.4 Å². The van der Waals surface area contributed by atoms with Crippen molar-refractivity contribution in [3.05, 3.63) is 47.5 Å². The number of ether oxygens (including phenoxy) is 1. The lowest BCUT2D eigenvalue weighted by molar-refractivity contribution is 0.147. The number of amides is 1. The van der Waals surface area contributed by atoms with E-state index in [9.17, 15) is 4.79 Å². The summed E-state index contributed by atoms with van der Waals surface area (Å²) in [5.74, 6) is 0.575. The fourth-order valence-corrected chi connectivity index (χ4v) is 2.62. The van der Waals surface area contributed by atoms with Crippen LogP contribution in [-0.4, -0.2) is 11.8 Å². The predicted octanol–water partition coefficient (Wildman–Crippen LogP) is 3.96. The molecular formula is C11H12ClNO2S2. The van der Waals surface area contributed by atoms with Crippen LogP contribution in [0.25, 0.3) is 0 Å². The second-order valence-corrected chi connectivity index (χ2v) is 5.66. The lowest BCUT2D eigenvalue weighted by atomic mass is 10.2. The molecule has 1 amide bonds. The third-order valence-electron chi connectivity index (χ3n) is 1.61. The minimum Gasteiger partial charge on any atom is -0.444 e.